The average Bonchev–Trinajstić information content (AvgIpc) is 3.08. The Morgan fingerprint density at radius 2 is 2.12 bits per heavy atom. The van der Waals surface area contributed by atoms with Crippen LogP contribution in [0.4, 0.5) is 0 Å². The lowest BCUT2D eigenvalue weighted by atomic mass is 10.1. The van der Waals surface area contributed by atoms with Crippen LogP contribution in [0.3, 0.4) is 0 Å². The standard InChI is InChI=1S/C18H20N4O2S/c1-12(23)16(22-10-15(18(19)24)20-11-22)8-9-25-17-7-6-13-4-2-3-5-14(13)21-17/h2-7,10-12,16,23H,8-9H2,1H3,(H2,19,24). The van der Waals surface area contributed by atoms with Gasteiger partial charge in [-0.3, -0.25) is 4.79 Å². The lowest BCUT2D eigenvalue weighted by Crippen LogP contribution is -2.21. The molecule has 0 saturated heterocycles. The van der Waals surface area contributed by atoms with E-state index in [1.54, 1.807) is 29.4 Å². The largest absolute Gasteiger partial charge is 0.391 e. The second kappa shape index (κ2) is 7.67. The maximum atomic E-state index is 11.2. The first-order valence-corrected chi connectivity index (χ1v) is 9.03. The Morgan fingerprint density at radius 3 is 2.84 bits per heavy atom. The van der Waals surface area contributed by atoms with E-state index in [1.165, 1.54) is 6.33 Å². The van der Waals surface area contributed by atoms with Gasteiger partial charge in [-0.15, -0.1) is 11.8 Å². The highest BCUT2D eigenvalue weighted by molar-refractivity contribution is 7.99. The summed E-state index contributed by atoms with van der Waals surface area (Å²) in [6, 6.07) is 11.9. The number of nitrogens with two attached hydrogens (primary N) is 1. The number of rotatable bonds is 7. The Balaban J connectivity index is 1.65. The fourth-order valence-electron chi connectivity index (χ4n) is 2.70. The quantitative estimate of drug-likeness (QED) is 0.635. The number of primary amides is 1. The van der Waals surface area contributed by atoms with E-state index in [-0.39, 0.29) is 11.7 Å². The van der Waals surface area contributed by atoms with E-state index < -0.39 is 12.0 Å². The third-order valence-corrected chi connectivity index (χ3v) is 4.99. The predicted molar refractivity (Wildman–Crippen MR) is 98.5 cm³/mol. The van der Waals surface area contributed by atoms with Crippen molar-refractivity contribution in [2.75, 3.05) is 5.75 Å². The Bertz CT molecular complexity index is 878. The molecule has 0 aliphatic heterocycles. The first-order valence-electron chi connectivity index (χ1n) is 8.04. The minimum absolute atomic E-state index is 0.173. The number of aliphatic hydroxyl groups excluding tert-OH is 1. The van der Waals surface area contributed by atoms with Gasteiger partial charge in [0.15, 0.2) is 0 Å². The molecule has 0 spiro atoms. The summed E-state index contributed by atoms with van der Waals surface area (Å²) in [4.78, 5) is 19.8. The molecule has 1 amide bonds. The molecular formula is C18H20N4O2S. The van der Waals surface area contributed by atoms with Crippen LogP contribution in [0.1, 0.15) is 29.9 Å². The van der Waals surface area contributed by atoms with Crippen molar-refractivity contribution in [3.05, 3.63) is 54.6 Å². The first kappa shape index (κ1) is 17.4. The highest BCUT2D eigenvalue weighted by Gasteiger charge is 2.18. The predicted octanol–water partition coefficient (Wildman–Crippen LogP) is 2.63. The summed E-state index contributed by atoms with van der Waals surface area (Å²) in [6.07, 6.45) is 3.26. The van der Waals surface area contributed by atoms with E-state index in [1.807, 2.05) is 30.3 Å². The minimum atomic E-state index is -0.571. The molecule has 0 radical (unpaired) electrons. The van der Waals surface area contributed by atoms with Gasteiger partial charge >= 0.3 is 0 Å². The van der Waals surface area contributed by atoms with Gasteiger partial charge in [-0.1, -0.05) is 24.3 Å². The smallest absolute Gasteiger partial charge is 0.268 e. The van der Waals surface area contributed by atoms with Crippen molar-refractivity contribution in [3.8, 4) is 0 Å². The van der Waals surface area contributed by atoms with Gasteiger partial charge in [0, 0.05) is 17.3 Å². The Kier molecular flexibility index (Phi) is 5.35. The van der Waals surface area contributed by atoms with Gasteiger partial charge in [-0.05, 0) is 25.5 Å². The molecule has 2 unspecified atom stereocenters. The summed E-state index contributed by atoms with van der Waals surface area (Å²) in [6.45, 7) is 1.73. The number of pyridine rings is 1. The molecule has 2 heterocycles. The average molecular weight is 356 g/mol. The van der Waals surface area contributed by atoms with Crippen LogP contribution in [0.5, 0.6) is 0 Å². The molecule has 130 valence electrons. The molecule has 3 N–H and O–H groups in total. The SMILES string of the molecule is CC(O)C(CCSc1ccc2ccccc2n1)n1cnc(C(N)=O)c1. The van der Waals surface area contributed by atoms with Gasteiger partial charge in [0.05, 0.1) is 29.0 Å². The van der Waals surface area contributed by atoms with Gasteiger partial charge in [-0.2, -0.15) is 0 Å². The second-order valence-corrected chi connectivity index (χ2v) is 6.97. The molecule has 0 bridgehead atoms. The van der Waals surface area contributed by atoms with Gasteiger partial charge in [0.1, 0.15) is 5.69 Å². The molecule has 25 heavy (non-hydrogen) atoms. The number of fused-ring (bicyclic) bond motifs is 1. The van der Waals surface area contributed by atoms with Crippen LogP contribution in [-0.2, 0) is 0 Å². The normalized spacial score (nSPS) is 13.7. The van der Waals surface area contributed by atoms with Crippen LogP contribution in [0, 0.1) is 0 Å². The Morgan fingerprint density at radius 1 is 1.32 bits per heavy atom. The van der Waals surface area contributed by atoms with Crippen LogP contribution >= 0.6 is 11.8 Å². The summed E-state index contributed by atoms with van der Waals surface area (Å²) in [5, 5.41) is 12.1. The van der Waals surface area contributed by atoms with Crippen molar-refractivity contribution in [1.29, 1.82) is 0 Å². The molecule has 0 aliphatic carbocycles. The number of carbonyl (C=O) groups is 1. The summed E-state index contributed by atoms with van der Waals surface area (Å²) >= 11 is 1.64. The number of nitrogens with zero attached hydrogens (tertiary/aromatic N) is 3. The number of aliphatic hydroxyl groups is 1. The zero-order valence-electron chi connectivity index (χ0n) is 13.9. The van der Waals surface area contributed by atoms with Gasteiger partial charge in [0.2, 0.25) is 0 Å². The number of aromatic nitrogens is 3. The maximum absolute atomic E-state index is 11.2. The zero-order chi connectivity index (χ0) is 17.8. The topological polar surface area (TPSA) is 94.0 Å². The molecule has 0 aliphatic rings. The van der Waals surface area contributed by atoms with Crippen LogP contribution in [0.25, 0.3) is 10.9 Å². The fourth-order valence-corrected chi connectivity index (χ4v) is 3.59. The Labute approximate surface area is 150 Å². The summed E-state index contributed by atoms with van der Waals surface area (Å²) in [5.41, 5.74) is 6.41. The Hall–Kier alpha value is -2.38. The number of hydrogen-bond donors (Lipinski definition) is 2. The van der Waals surface area contributed by atoms with Crippen molar-refractivity contribution in [2.45, 2.75) is 30.5 Å². The number of benzene rings is 1. The molecule has 0 saturated carbocycles. The molecule has 2 aromatic heterocycles. The summed E-state index contributed by atoms with van der Waals surface area (Å²) in [7, 11) is 0. The molecule has 3 aromatic rings. The number of para-hydroxylation sites is 1. The van der Waals surface area contributed by atoms with Crippen LogP contribution in [0.2, 0.25) is 0 Å². The highest BCUT2D eigenvalue weighted by atomic mass is 32.2. The molecule has 3 rings (SSSR count). The van der Waals surface area contributed by atoms with Gasteiger partial charge in [-0.25, -0.2) is 9.97 Å². The molecule has 6 nitrogen and oxygen atoms in total. The van der Waals surface area contributed by atoms with Gasteiger partial charge in [0.25, 0.3) is 5.91 Å². The van der Waals surface area contributed by atoms with Crippen LogP contribution < -0.4 is 5.73 Å². The lowest BCUT2D eigenvalue weighted by molar-refractivity contribution is 0.0994. The van der Waals surface area contributed by atoms with Crippen molar-refractivity contribution in [2.24, 2.45) is 5.73 Å². The van der Waals surface area contributed by atoms with Crippen LogP contribution in [-0.4, -0.2) is 37.4 Å². The number of thioether (sulfide) groups is 1. The number of amides is 1. The van der Waals surface area contributed by atoms with E-state index in [4.69, 9.17) is 5.73 Å². The monoisotopic (exact) mass is 356 g/mol. The first-order chi connectivity index (χ1) is 12.0. The maximum Gasteiger partial charge on any atom is 0.268 e. The van der Waals surface area contributed by atoms with E-state index in [0.29, 0.717) is 6.42 Å². The minimum Gasteiger partial charge on any atom is -0.391 e. The van der Waals surface area contributed by atoms with Gasteiger partial charge < -0.3 is 15.4 Å². The number of carbonyl (C=O) groups excluding carboxylic acids is 1. The van der Waals surface area contributed by atoms with Crippen molar-refractivity contribution >= 4 is 28.6 Å². The number of hydrogen-bond acceptors (Lipinski definition) is 5. The van der Waals surface area contributed by atoms with Crippen molar-refractivity contribution in [1.82, 2.24) is 14.5 Å². The summed E-state index contributed by atoms with van der Waals surface area (Å²) in [5.74, 6) is 0.211. The highest BCUT2D eigenvalue weighted by Crippen LogP contribution is 2.25. The van der Waals surface area contributed by atoms with E-state index in [9.17, 15) is 9.90 Å². The number of imidazole rings is 1. The molecular weight excluding hydrogens is 336 g/mol. The second-order valence-electron chi connectivity index (χ2n) is 5.86. The molecule has 1 aromatic carbocycles. The third kappa shape index (κ3) is 4.18. The van der Waals surface area contributed by atoms with Crippen molar-refractivity contribution < 1.29 is 9.90 Å². The third-order valence-electron chi connectivity index (χ3n) is 4.03. The lowest BCUT2D eigenvalue weighted by Gasteiger charge is -2.21. The zero-order valence-corrected chi connectivity index (χ0v) is 14.7. The molecule has 2 atom stereocenters. The van der Waals surface area contributed by atoms with E-state index >= 15 is 0 Å². The molecule has 0 fully saturated rings. The summed E-state index contributed by atoms with van der Waals surface area (Å²) < 4.78 is 1.75. The molecule has 7 heteroatoms. The van der Waals surface area contributed by atoms with Crippen LogP contribution in [0.15, 0.2) is 53.9 Å². The van der Waals surface area contributed by atoms with E-state index in [0.717, 1.165) is 21.7 Å². The van der Waals surface area contributed by atoms with Crippen molar-refractivity contribution in [3.63, 3.8) is 0 Å². The fraction of sp³-hybridized carbons (Fsp3) is 0.278. The van der Waals surface area contributed by atoms with E-state index in [2.05, 4.69) is 16.0 Å².